The number of nitro groups is 1. The van der Waals surface area contributed by atoms with Gasteiger partial charge in [-0.3, -0.25) is 10.1 Å². The first-order valence-electron chi connectivity index (χ1n) is 6.29. The van der Waals surface area contributed by atoms with Crippen LogP contribution in [0.5, 0.6) is 0 Å². The molecule has 3 N–H and O–H groups in total. The van der Waals surface area contributed by atoms with Gasteiger partial charge in [0.2, 0.25) is 10.0 Å². The number of non-ortho nitro benzene ring substituents is 1. The van der Waals surface area contributed by atoms with Gasteiger partial charge in [0.15, 0.2) is 5.82 Å². The highest BCUT2D eigenvalue weighted by Gasteiger charge is 2.26. The summed E-state index contributed by atoms with van der Waals surface area (Å²) < 4.78 is 40.3. The Morgan fingerprint density at radius 2 is 1.95 bits per heavy atom. The first-order valence-corrected chi connectivity index (χ1v) is 7.77. The molecule has 0 amide bonds. The summed E-state index contributed by atoms with van der Waals surface area (Å²) in [6.45, 7) is 5.83. The molecule has 1 unspecified atom stereocenters. The standard InChI is InChI=1S/C12H18FN3O4S/c1-7(2)8(3)6-15-21(19,20)12-10(13)4-9(16(17)18)5-11(12)14/h4-5,7-8,15H,6,14H2,1-3H3. The van der Waals surface area contributed by atoms with E-state index in [-0.39, 0.29) is 18.4 Å². The van der Waals surface area contributed by atoms with Gasteiger partial charge in [0.25, 0.3) is 5.69 Å². The van der Waals surface area contributed by atoms with E-state index in [2.05, 4.69) is 4.72 Å². The maximum absolute atomic E-state index is 13.8. The maximum Gasteiger partial charge on any atom is 0.274 e. The predicted octanol–water partition coefficient (Wildman–Crippen LogP) is 1.89. The second-order valence-electron chi connectivity index (χ2n) is 5.18. The highest BCUT2D eigenvalue weighted by molar-refractivity contribution is 7.89. The van der Waals surface area contributed by atoms with Gasteiger partial charge in [-0.1, -0.05) is 20.8 Å². The fourth-order valence-corrected chi connectivity index (χ4v) is 2.85. The molecule has 0 radical (unpaired) electrons. The molecule has 9 heteroatoms. The largest absolute Gasteiger partial charge is 0.397 e. The van der Waals surface area contributed by atoms with Crippen molar-refractivity contribution in [3.63, 3.8) is 0 Å². The van der Waals surface area contributed by atoms with Crippen LogP contribution in [0.1, 0.15) is 20.8 Å². The molecule has 1 atom stereocenters. The van der Waals surface area contributed by atoms with Crippen LogP contribution in [0.25, 0.3) is 0 Å². The molecule has 1 aromatic rings. The van der Waals surface area contributed by atoms with E-state index in [9.17, 15) is 22.9 Å². The Kier molecular flexibility index (Phi) is 5.24. The molecule has 0 saturated carbocycles. The van der Waals surface area contributed by atoms with Gasteiger partial charge in [0.05, 0.1) is 16.7 Å². The second kappa shape index (κ2) is 6.35. The first kappa shape index (κ1) is 17.3. The minimum absolute atomic E-state index is 0.0436. The molecule has 1 aromatic carbocycles. The van der Waals surface area contributed by atoms with E-state index in [1.54, 1.807) is 0 Å². The summed E-state index contributed by atoms with van der Waals surface area (Å²) >= 11 is 0. The van der Waals surface area contributed by atoms with E-state index < -0.39 is 37.0 Å². The third kappa shape index (κ3) is 4.11. The molecule has 0 aliphatic carbocycles. The van der Waals surface area contributed by atoms with Crippen molar-refractivity contribution >= 4 is 21.4 Å². The minimum Gasteiger partial charge on any atom is -0.397 e. The second-order valence-corrected chi connectivity index (χ2v) is 6.88. The monoisotopic (exact) mass is 319 g/mol. The van der Waals surface area contributed by atoms with Crippen LogP contribution < -0.4 is 10.5 Å². The molecule has 7 nitrogen and oxygen atoms in total. The summed E-state index contributed by atoms with van der Waals surface area (Å²) in [7, 11) is -4.17. The normalized spacial score (nSPS) is 13.4. The van der Waals surface area contributed by atoms with E-state index >= 15 is 0 Å². The van der Waals surface area contributed by atoms with Crippen LogP contribution in [-0.2, 0) is 10.0 Å². The summed E-state index contributed by atoms with van der Waals surface area (Å²) in [5.74, 6) is -0.958. The fourth-order valence-electron chi connectivity index (χ4n) is 1.54. The number of anilines is 1. The van der Waals surface area contributed by atoms with E-state index in [1.807, 2.05) is 20.8 Å². The zero-order valence-corrected chi connectivity index (χ0v) is 12.8. The van der Waals surface area contributed by atoms with Crippen molar-refractivity contribution in [2.24, 2.45) is 11.8 Å². The number of sulfonamides is 1. The van der Waals surface area contributed by atoms with Crippen LogP contribution >= 0.6 is 0 Å². The van der Waals surface area contributed by atoms with Crippen LogP contribution in [0, 0.1) is 27.8 Å². The van der Waals surface area contributed by atoms with Gasteiger partial charge in [-0.05, 0) is 11.8 Å². The van der Waals surface area contributed by atoms with Crippen LogP contribution in [0.15, 0.2) is 17.0 Å². The molecule has 0 aliphatic heterocycles. The summed E-state index contributed by atoms with van der Waals surface area (Å²) in [6.07, 6.45) is 0. The van der Waals surface area contributed by atoms with Gasteiger partial charge in [-0.2, -0.15) is 0 Å². The zero-order chi connectivity index (χ0) is 16.4. The molecule has 0 heterocycles. The van der Waals surface area contributed by atoms with Crippen LogP contribution in [-0.4, -0.2) is 19.9 Å². The molecule has 21 heavy (non-hydrogen) atoms. The number of nitro benzene ring substituents is 1. The molecule has 118 valence electrons. The number of hydrogen-bond acceptors (Lipinski definition) is 5. The van der Waals surface area contributed by atoms with Crippen molar-refractivity contribution in [3.8, 4) is 0 Å². The van der Waals surface area contributed by atoms with Gasteiger partial charge in [-0.25, -0.2) is 17.5 Å². The number of nitrogens with zero attached hydrogens (tertiary/aromatic N) is 1. The van der Waals surface area contributed by atoms with Crippen LogP contribution in [0.2, 0.25) is 0 Å². The molecule has 0 spiro atoms. The minimum atomic E-state index is -4.17. The molecule has 0 fully saturated rings. The van der Waals surface area contributed by atoms with Crippen molar-refractivity contribution < 1.29 is 17.7 Å². The summed E-state index contributed by atoms with van der Waals surface area (Å²) in [5, 5.41) is 10.6. The lowest BCUT2D eigenvalue weighted by atomic mass is 9.99. The molecule has 0 bridgehead atoms. The lowest BCUT2D eigenvalue weighted by Gasteiger charge is -2.17. The highest BCUT2D eigenvalue weighted by atomic mass is 32.2. The number of halogens is 1. The van der Waals surface area contributed by atoms with Crippen molar-refractivity contribution in [1.82, 2.24) is 4.72 Å². The Balaban J connectivity index is 3.12. The van der Waals surface area contributed by atoms with Crippen molar-refractivity contribution in [1.29, 1.82) is 0 Å². The Hall–Kier alpha value is -1.74. The zero-order valence-electron chi connectivity index (χ0n) is 12.0. The molecule has 1 rings (SSSR count). The smallest absolute Gasteiger partial charge is 0.274 e. The molecular formula is C12H18FN3O4S. The summed E-state index contributed by atoms with van der Waals surface area (Å²) in [5.41, 5.74) is 4.36. The van der Waals surface area contributed by atoms with E-state index in [1.165, 1.54) is 0 Å². The first-order chi connectivity index (χ1) is 9.56. The van der Waals surface area contributed by atoms with Gasteiger partial charge >= 0.3 is 0 Å². The molecule has 0 aliphatic rings. The van der Waals surface area contributed by atoms with Crippen LogP contribution in [0.3, 0.4) is 0 Å². The topological polar surface area (TPSA) is 115 Å². The van der Waals surface area contributed by atoms with E-state index in [4.69, 9.17) is 5.73 Å². The third-order valence-corrected chi connectivity index (χ3v) is 4.78. The Morgan fingerprint density at radius 3 is 2.38 bits per heavy atom. The lowest BCUT2D eigenvalue weighted by molar-refractivity contribution is -0.385. The fraction of sp³-hybridized carbons (Fsp3) is 0.500. The number of nitrogens with two attached hydrogens (primary N) is 1. The highest BCUT2D eigenvalue weighted by Crippen LogP contribution is 2.27. The maximum atomic E-state index is 13.8. The molecule has 0 saturated heterocycles. The average molecular weight is 319 g/mol. The number of benzene rings is 1. The Morgan fingerprint density at radius 1 is 1.38 bits per heavy atom. The van der Waals surface area contributed by atoms with E-state index in [0.717, 1.165) is 6.07 Å². The van der Waals surface area contributed by atoms with Gasteiger partial charge in [0, 0.05) is 12.6 Å². The van der Waals surface area contributed by atoms with Crippen LogP contribution in [0.4, 0.5) is 15.8 Å². The lowest BCUT2D eigenvalue weighted by Crippen LogP contribution is -2.31. The van der Waals surface area contributed by atoms with Crippen molar-refractivity contribution in [2.75, 3.05) is 12.3 Å². The quantitative estimate of drug-likeness (QED) is 0.472. The Labute approximate surface area is 122 Å². The van der Waals surface area contributed by atoms with Gasteiger partial charge in [-0.15, -0.1) is 0 Å². The third-order valence-electron chi connectivity index (χ3n) is 3.27. The number of hydrogen-bond donors (Lipinski definition) is 2. The summed E-state index contributed by atoms with van der Waals surface area (Å²) in [4.78, 5) is 8.97. The Bertz CT molecular complexity index is 623. The van der Waals surface area contributed by atoms with Crippen molar-refractivity contribution in [2.45, 2.75) is 25.7 Å². The van der Waals surface area contributed by atoms with E-state index in [0.29, 0.717) is 6.07 Å². The summed E-state index contributed by atoms with van der Waals surface area (Å²) in [6, 6.07) is 1.36. The molecule has 0 aromatic heterocycles. The number of nitrogen functional groups attached to an aromatic ring is 1. The van der Waals surface area contributed by atoms with Crippen molar-refractivity contribution in [3.05, 3.63) is 28.1 Å². The molecular weight excluding hydrogens is 301 g/mol. The SMILES string of the molecule is CC(C)C(C)CNS(=O)(=O)c1c(N)cc([N+](=O)[O-])cc1F. The van der Waals surface area contributed by atoms with Gasteiger partial charge < -0.3 is 5.73 Å². The predicted molar refractivity (Wildman–Crippen MR) is 76.7 cm³/mol. The number of rotatable bonds is 6. The number of nitrogens with one attached hydrogen (secondary N) is 1. The average Bonchev–Trinajstić information content (AvgIpc) is 2.34. The van der Waals surface area contributed by atoms with Gasteiger partial charge in [0.1, 0.15) is 4.90 Å².